The second-order valence-corrected chi connectivity index (χ2v) is 12.0. The summed E-state index contributed by atoms with van der Waals surface area (Å²) in [6.07, 6.45) is 1.76. The largest absolute Gasteiger partial charge is 0.507 e. The first kappa shape index (κ1) is 33.5. The highest BCUT2D eigenvalue weighted by atomic mass is 35.5. The van der Waals surface area contributed by atoms with E-state index in [9.17, 15) is 19.5 Å². The summed E-state index contributed by atoms with van der Waals surface area (Å²) < 4.78 is 12.6. The number of aromatic hydroxyl groups is 1. The summed E-state index contributed by atoms with van der Waals surface area (Å²) in [4.78, 5) is 43.9. The minimum atomic E-state index is -0.994. The van der Waals surface area contributed by atoms with E-state index < -0.39 is 23.9 Å². The van der Waals surface area contributed by atoms with Gasteiger partial charge in [0, 0.05) is 54.7 Å². The quantitative estimate of drug-likeness (QED) is 0.263. The van der Waals surface area contributed by atoms with Crippen molar-refractivity contribution < 1.29 is 29.0 Å². The summed E-state index contributed by atoms with van der Waals surface area (Å²) in [5, 5.41) is 21.1. The van der Waals surface area contributed by atoms with Crippen LogP contribution in [-0.2, 0) is 26.1 Å². The van der Waals surface area contributed by atoms with Crippen LogP contribution in [0.5, 0.6) is 5.75 Å². The van der Waals surface area contributed by atoms with E-state index in [2.05, 4.69) is 27.6 Å². The molecule has 2 aliphatic rings. The normalized spacial score (nSPS) is 16.7. The molecule has 0 bridgehead atoms. The van der Waals surface area contributed by atoms with Crippen LogP contribution in [0.1, 0.15) is 22.7 Å². The number of ether oxygens (including phenoxy) is 2. The Morgan fingerprint density at radius 1 is 0.959 bits per heavy atom. The monoisotopic (exact) mass is 682 g/mol. The molecule has 49 heavy (non-hydrogen) atoms. The first-order valence-corrected chi connectivity index (χ1v) is 16.2. The molecular weight excluding hydrogens is 648 g/mol. The molecule has 0 aliphatic carbocycles. The van der Waals surface area contributed by atoms with Crippen LogP contribution in [-0.4, -0.2) is 94.6 Å². The molecule has 4 aromatic rings. The molecule has 0 spiro atoms. The Morgan fingerprint density at radius 3 is 2.45 bits per heavy atom. The third-order valence-electron chi connectivity index (χ3n) is 8.20. The van der Waals surface area contributed by atoms with Gasteiger partial charge in [0.25, 0.3) is 5.91 Å². The van der Waals surface area contributed by atoms with Gasteiger partial charge in [-0.1, -0.05) is 53.8 Å². The number of phenols is 1. The number of phenolic OH excluding ortho intramolecular Hbond substituents is 1. The third-order valence-corrected chi connectivity index (χ3v) is 8.43. The van der Waals surface area contributed by atoms with E-state index in [1.807, 2.05) is 6.07 Å². The summed E-state index contributed by atoms with van der Waals surface area (Å²) in [7, 11) is 1.77. The SMILES string of the molecule is Cn1cc(C#Cc2ccc(NC(=O)[C@H]3COCCN3C(=O)[C@@H](NC(=O)N3CCOCC3)c3ccccc3)cc2)c(-c2cc(Cl)ccc2O)n1. The first-order valence-electron chi connectivity index (χ1n) is 15.8. The van der Waals surface area contributed by atoms with Crippen molar-refractivity contribution >= 4 is 35.1 Å². The Hall–Kier alpha value is -5.35. The number of urea groups is 1. The van der Waals surface area contributed by atoms with Crippen LogP contribution in [0.4, 0.5) is 10.5 Å². The van der Waals surface area contributed by atoms with Crippen molar-refractivity contribution in [1.82, 2.24) is 24.9 Å². The van der Waals surface area contributed by atoms with Crippen LogP contribution in [0.3, 0.4) is 0 Å². The molecule has 13 heteroatoms. The summed E-state index contributed by atoms with van der Waals surface area (Å²) in [6, 6.07) is 18.4. The average Bonchev–Trinajstić information content (AvgIpc) is 3.51. The van der Waals surface area contributed by atoms with Crippen molar-refractivity contribution in [2.45, 2.75) is 12.1 Å². The van der Waals surface area contributed by atoms with Gasteiger partial charge in [-0.25, -0.2) is 4.79 Å². The molecule has 3 aromatic carbocycles. The Kier molecular flexibility index (Phi) is 10.4. The zero-order valence-corrected chi connectivity index (χ0v) is 27.5. The number of rotatable bonds is 6. The molecule has 0 radical (unpaired) electrons. The van der Waals surface area contributed by atoms with E-state index in [4.69, 9.17) is 21.1 Å². The fourth-order valence-electron chi connectivity index (χ4n) is 5.64. The molecule has 3 heterocycles. The van der Waals surface area contributed by atoms with Gasteiger partial charge < -0.3 is 35.0 Å². The van der Waals surface area contributed by atoms with Gasteiger partial charge in [0.1, 0.15) is 23.5 Å². The molecule has 2 fully saturated rings. The predicted octanol–water partition coefficient (Wildman–Crippen LogP) is 3.79. The van der Waals surface area contributed by atoms with Gasteiger partial charge in [0.15, 0.2) is 0 Å². The molecule has 2 atom stereocenters. The van der Waals surface area contributed by atoms with Gasteiger partial charge in [-0.2, -0.15) is 5.10 Å². The van der Waals surface area contributed by atoms with E-state index in [0.29, 0.717) is 65.0 Å². The Labute approximate surface area is 288 Å². The fraction of sp³-hybridized carbons (Fsp3) is 0.278. The van der Waals surface area contributed by atoms with Crippen molar-refractivity contribution in [3.63, 3.8) is 0 Å². The van der Waals surface area contributed by atoms with Crippen molar-refractivity contribution in [3.05, 3.63) is 101 Å². The molecule has 4 amide bonds. The highest BCUT2D eigenvalue weighted by Gasteiger charge is 2.38. The number of anilines is 1. The van der Waals surface area contributed by atoms with Crippen molar-refractivity contribution in [3.8, 4) is 28.8 Å². The lowest BCUT2D eigenvalue weighted by atomic mass is 10.0. The number of benzene rings is 3. The summed E-state index contributed by atoms with van der Waals surface area (Å²) in [5.41, 5.74) is 3.39. The van der Waals surface area contributed by atoms with E-state index >= 15 is 0 Å². The predicted molar refractivity (Wildman–Crippen MR) is 183 cm³/mol. The van der Waals surface area contributed by atoms with Gasteiger partial charge >= 0.3 is 6.03 Å². The number of carbonyl (C=O) groups excluding carboxylic acids is 3. The second kappa shape index (κ2) is 15.3. The van der Waals surface area contributed by atoms with E-state index in [0.717, 1.165) is 0 Å². The lowest BCUT2D eigenvalue weighted by molar-refractivity contribution is -0.148. The number of morpholine rings is 2. The van der Waals surface area contributed by atoms with Gasteiger partial charge in [-0.3, -0.25) is 14.3 Å². The zero-order chi connectivity index (χ0) is 34.3. The van der Waals surface area contributed by atoms with Crippen LogP contribution < -0.4 is 10.6 Å². The highest BCUT2D eigenvalue weighted by molar-refractivity contribution is 6.31. The lowest BCUT2D eigenvalue weighted by Gasteiger charge is -2.37. The van der Waals surface area contributed by atoms with Crippen LogP contribution in [0, 0.1) is 11.8 Å². The summed E-state index contributed by atoms with van der Waals surface area (Å²) >= 11 is 6.15. The van der Waals surface area contributed by atoms with Gasteiger partial charge in [0.2, 0.25) is 5.91 Å². The topological polar surface area (TPSA) is 138 Å². The maximum absolute atomic E-state index is 14.1. The van der Waals surface area contributed by atoms with Crippen LogP contribution in [0.2, 0.25) is 5.02 Å². The first-order chi connectivity index (χ1) is 23.8. The highest BCUT2D eigenvalue weighted by Crippen LogP contribution is 2.32. The minimum absolute atomic E-state index is 0.00960. The Bertz CT molecular complexity index is 1880. The fourth-order valence-corrected chi connectivity index (χ4v) is 5.82. The summed E-state index contributed by atoms with van der Waals surface area (Å²) in [5.74, 6) is 5.44. The Balaban J connectivity index is 1.15. The van der Waals surface area contributed by atoms with Gasteiger partial charge in [-0.05, 0) is 48.0 Å². The molecule has 252 valence electrons. The zero-order valence-electron chi connectivity index (χ0n) is 26.8. The van der Waals surface area contributed by atoms with Gasteiger partial charge in [0.05, 0.1) is 32.0 Å². The van der Waals surface area contributed by atoms with Crippen LogP contribution >= 0.6 is 11.6 Å². The molecule has 1 aromatic heterocycles. The van der Waals surface area contributed by atoms with Crippen molar-refractivity contribution in [2.75, 3.05) is 51.4 Å². The Morgan fingerprint density at radius 2 is 1.69 bits per heavy atom. The third kappa shape index (κ3) is 8.04. The van der Waals surface area contributed by atoms with Gasteiger partial charge in [-0.15, -0.1) is 0 Å². The molecule has 6 rings (SSSR count). The molecular formula is C36H35ClN6O6. The number of carbonyl (C=O) groups is 3. The molecule has 0 saturated carbocycles. The van der Waals surface area contributed by atoms with Crippen LogP contribution in [0.15, 0.2) is 79.0 Å². The second-order valence-electron chi connectivity index (χ2n) is 11.6. The number of aromatic nitrogens is 2. The summed E-state index contributed by atoms with van der Waals surface area (Å²) in [6.45, 7) is 2.16. The average molecular weight is 683 g/mol. The van der Waals surface area contributed by atoms with Crippen LogP contribution in [0.25, 0.3) is 11.3 Å². The number of amides is 4. The molecule has 2 aliphatic heterocycles. The number of hydrogen-bond donors (Lipinski definition) is 3. The number of nitrogens with zero attached hydrogens (tertiary/aromatic N) is 4. The number of halogens is 1. The number of hydrogen-bond acceptors (Lipinski definition) is 7. The molecule has 3 N–H and O–H groups in total. The maximum Gasteiger partial charge on any atom is 0.318 e. The van der Waals surface area contributed by atoms with E-state index in [1.54, 1.807) is 83.5 Å². The van der Waals surface area contributed by atoms with Crippen molar-refractivity contribution in [1.29, 1.82) is 0 Å². The van der Waals surface area contributed by atoms with Crippen molar-refractivity contribution in [2.24, 2.45) is 7.05 Å². The number of nitrogens with one attached hydrogen (secondary N) is 2. The molecule has 0 unspecified atom stereocenters. The standard InChI is InChI=1S/C36H35ClN6O6/c1-41-22-26(32(40-41)29-21-27(37)11-14-31(29)44)10-7-24-8-12-28(13-9-24)38-34(45)30-23-49-20-17-43(30)35(46)33(25-5-3-2-4-6-25)39-36(47)42-15-18-48-19-16-42/h2-6,8-9,11-14,21-22,30,33,44H,15-20,23H2,1H3,(H,38,45)(H,39,47)/t30-,33+/m1/s1. The maximum atomic E-state index is 14.1. The van der Waals surface area contributed by atoms with E-state index in [1.165, 1.54) is 11.0 Å². The lowest BCUT2D eigenvalue weighted by Crippen LogP contribution is -2.58. The minimum Gasteiger partial charge on any atom is -0.507 e. The molecule has 2 saturated heterocycles. The smallest absolute Gasteiger partial charge is 0.318 e. The van der Waals surface area contributed by atoms with E-state index in [-0.39, 0.29) is 31.5 Å². The number of aryl methyl sites for hydroxylation is 1. The molecule has 12 nitrogen and oxygen atoms in total.